The smallest absolute Gasteiger partial charge is 0.321 e. The fourth-order valence-electron chi connectivity index (χ4n) is 3.68. The quantitative estimate of drug-likeness (QED) is 0.916. The van der Waals surface area contributed by atoms with E-state index in [4.69, 9.17) is 0 Å². The summed E-state index contributed by atoms with van der Waals surface area (Å²) >= 11 is 0. The molecular formula is C19H28N4O2. The molecule has 2 aliphatic heterocycles. The van der Waals surface area contributed by atoms with Crippen LogP contribution in [-0.4, -0.2) is 65.9 Å². The topological polar surface area (TPSA) is 55.9 Å². The largest absolute Gasteiger partial charge is 0.342 e. The Labute approximate surface area is 149 Å². The lowest BCUT2D eigenvalue weighted by Crippen LogP contribution is -2.56. The van der Waals surface area contributed by atoms with Gasteiger partial charge in [0, 0.05) is 51.9 Å². The molecule has 2 aliphatic rings. The third-order valence-corrected chi connectivity index (χ3v) is 5.26. The number of rotatable bonds is 3. The van der Waals surface area contributed by atoms with Crippen LogP contribution in [0.2, 0.25) is 0 Å². The van der Waals surface area contributed by atoms with Gasteiger partial charge in [-0.25, -0.2) is 4.79 Å². The summed E-state index contributed by atoms with van der Waals surface area (Å²) in [6.07, 6.45) is 3.74. The van der Waals surface area contributed by atoms with Gasteiger partial charge in [-0.3, -0.25) is 9.69 Å². The minimum Gasteiger partial charge on any atom is -0.342 e. The minimum atomic E-state index is -0.0257. The predicted octanol–water partition coefficient (Wildman–Crippen LogP) is 2.37. The lowest BCUT2D eigenvalue weighted by molar-refractivity contribution is -0.128. The van der Waals surface area contributed by atoms with Gasteiger partial charge in [0.05, 0.1) is 0 Å². The highest BCUT2D eigenvalue weighted by atomic mass is 16.2. The Morgan fingerprint density at radius 3 is 2.88 bits per heavy atom. The summed E-state index contributed by atoms with van der Waals surface area (Å²) in [6.45, 7) is 5.84. The number of benzene rings is 1. The third-order valence-electron chi connectivity index (χ3n) is 5.26. The number of piperazine rings is 1. The number of anilines is 1. The molecular weight excluding hydrogens is 316 g/mol. The Morgan fingerprint density at radius 1 is 1.24 bits per heavy atom. The fraction of sp³-hybridized carbons (Fsp3) is 0.579. The molecule has 0 spiro atoms. The van der Waals surface area contributed by atoms with Gasteiger partial charge in [-0.15, -0.1) is 0 Å². The molecule has 1 unspecified atom stereocenters. The molecule has 1 aromatic carbocycles. The summed E-state index contributed by atoms with van der Waals surface area (Å²) in [7, 11) is 1.78. The molecule has 0 radical (unpaired) electrons. The zero-order valence-electron chi connectivity index (χ0n) is 15.2. The fourth-order valence-corrected chi connectivity index (χ4v) is 3.68. The van der Waals surface area contributed by atoms with Gasteiger partial charge < -0.3 is 15.1 Å². The van der Waals surface area contributed by atoms with Gasteiger partial charge in [0.25, 0.3) is 0 Å². The highest BCUT2D eigenvalue weighted by Crippen LogP contribution is 2.22. The molecule has 6 heteroatoms. The standard InChI is InChI=1S/C19H28N4O2/c1-15(24)21(2)13-16-6-5-7-17(12-16)20-19(25)23-11-10-22-9-4-3-8-18(22)14-23/h5-7,12,18H,3-4,8-11,13-14H2,1-2H3,(H,20,25). The lowest BCUT2D eigenvalue weighted by atomic mass is 10.00. The van der Waals surface area contributed by atoms with Crippen molar-refractivity contribution in [1.29, 1.82) is 0 Å². The van der Waals surface area contributed by atoms with Crippen LogP contribution in [0.3, 0.4) is 0 Å². The first-order valence-electron chi connectivity index (χ1n) is 9.13. The van der Waals surface area contributed by atoms with Crippen molar-refractivity contribution >= 4 is 17.6 Å². The lowest BCUT2D eigenvalue weighted by Gasteiger charge is -2.43. The van der Waals surface area contributed by atoms with Gasteiger partial charge in [-0.1, -0.05) is 18.6 Å². The van der Waals surface area contributed by atoms with Crippen LogP contribution in [0.15, 0.2) is 24.3 Å². The maximum atomic E-state index is 12.6. The average molecular weight is 344 g/mol. The van der Waals surface area contributed by atoms with Crippen LogP contribution in [0, 0.1) is 0 Å². The molecule has 2 saturated heterocycles. The van der Waals surface area contributed by atoms with Crippen molar-refractivity contribution in [3.8, 4) is 0 Å². The third kappa shape index (κ3) is 4.51. The molecule has 0 saturated carbocycles. The van der Waals surface area contributed by atoms with Gasteiger partial charge in [0.2, 0.25) is 5.91 Å². The maximum Gasteiger partial charge on any atom is 0.321 e. The van der Waals surface area contributed by atoms with Crippen LogP contribution >= 0.6 is 0 Å². The van der Waals surface area contributed by atoms with Gasteiger partial charge >= 0.3 is 6.03 Å². The van der Waals surface area contributed by atoms with Crippen LogP contribution in [0.4, 0.5) is 10.5 Å². The van der Waals surface area contributed by atoms with Crippen molar-refractivity contribution in [3.63, 3.8) is 0 Å². The van der Waals surface area contributed by atoms with Crippen molar-refractivity contribution in [2.45, 2.75) is 38.8 Å². The first-order valence-corrected chi connectivity index (χ1v) is 9.13. The van der Waals surface area contributed by atoms with E-state index in [0.717, 1.165) is 30.9 Å². The Hall–Kier alpha value is -2.08. The monoisotopic (exact) mass is 344 g/mol. The Balaban J connectivity index is 1.58. The van der Waals surface area contributed by atoms with Crippen LogP contribution in [0.1, 0.15) is 31.7 Å². The number of hydrogen-bond donors (Lipinski definition) is 1. The molecule has 2 heterocycles. The van der Waals surface area contributed by atoms with Crippen molar-refractivity contribution in [2.24, 2.45) is 0 Å². The van der Waals surface area contributed by atoms with Gasteiger partial charge in [0.15, 0.2) is 0 Å². The Bertz CT molecular complexity index is 634. The number of nitrogens with zero attached hydrogens (tertiary/aromatic N) is 3. The zero-order valence-corrected chi connectivity index (χ0v) is 15.2. The molecule has 2 fully saturated rings. The Kier molecular flexibility index (Phi) is 5.58. The Morgan fingerprint density at radius 2 is 2.08 bits per heavy atom. The number of fused-ring (bicyclic) bond motifs is 1. The molecule has 0 bridgehead atoms. The molecule has 136 valence electrons. The normalized spacial score (nSPS) is 20.7. The van der Waals surface area contributed by atoms with E-state index in [-0.39, 0.29) is 11.9 Å². The summed E-state index contributed by atoms with van der Waals surface area (Å²) < 4.78 is 0. The molecule has 3 rings (SSSR count). The average Bonchev–Trinajstić information content (AvgIpc) is 2.61. The van der Waals surface area contributed by atoms with E-state index in [1.54, 1.807) is 18.9 Å². The number of piperidine rings is 1. The van der Waals surface area contributed by atoms with E-state index >= 15 is 0 Å². The highest BCUT2D eigenvalue weighted by molar-refractivity contribution is 5.89. The number of urea groups is 1. The second-order valence-corrected chi connectivity index (χ2v) is 7.14. The zero-order chi connectivity index (χ0) is 17.8. The van der Waals surface area contributed by atoms with Crippen LogP contribution < -0.4 is 5.32 Å². The molecule has 1 N–H and O–H groups in total. The van der Waals surface area contributed by atoms with Crippen molar-refractivity contribution in [2.75, 3.05) is 38.5 Å². The molecule has 0 aliphatic carbocycles. The number of nitrogens with one attached hydrogen (secondary N) is 1. The maximum absolute atomic E-state index is 12.6. The summed E-state index contributed by atoms with van der Waals surface area (Å²) in [5.41, 5.74) is 1.79. The van der Waals surface area contributed by atoms with Gasteiger partial charge in [-0.2, -0.15) is 0 Å². The number of amides is 3. The summed E-state index contributed by atoms with van der Waals surface area (Å²) in [5.74, 6) is 0.0276. The SMILES string of the molecule is CC(=O)N(C)Cc1cccc(NC(=O)N2CCN3CCCCC3C2)c1. The van der Waals surface area contributed by atoms with Crippen molar-refractivity contribution in [1.82, 2.24) is 14.7 Å². The van der Waals surface area contributed by atoms with Crippen molar-refractivity contribution < 1.29 is 9.59 Å². The minimum absolute atomic E-state index is 0.0257. The van der Waals surface area contributed by atoms with Crippen LogP contribution in [0.25, 0.3) is 0 Å². The van der Waals surface area contributed by atoms with Crippen LogP contribution in [0.5, 0.6) is 0 Å². The van der Waals surface area contributed by atoms with E-state index in [1.165, 1.54) is 25.8 Å². The first-order chi connectivity index (χ1) is 12.0. The summed E-state index contributed by atoms with van der Waals surface area (Å²) in [4.78, 5) is 30.1. The van der Waals surface area contributed by atoms with Gasteiger partial charge in [-0.05, 0) is 37.1 Å². The van der Waals surface area contributed by atoms with E-state index < -0.39 is 0 Å². The first kappa shape index (κ1) is 17.7. The molecule has 0 aromatic heterocycles. The van der Waals surface area contributed by atoms with E-state index in [0.29, 0.717) is 12.6 Å². The molecule has 1 aromatic rings. The highest BCUT2D eigenvalue weighted by Gasteiger charge is 2.30. The molecule has 1 atom stereocenters. The van der Waals surface area contributed by atoms with E-state index in [2.05, 4.69) is 10.2 Å². The number of carbonyl (C=O) groups excluding carboxylic acids is 2. The number of hydrogen-bond acceptors (Lipinski definition) is 3. The summed E-state index contributed by atoms with van der Waals surface area (Å²) in [6, 6.07) is 8.21. The molecule has 6 nitrogen and oxygen atoms in total. The van der Waals surface area contributed by atoms with Crippen LogP contribution in [-0.2, 0) is 11.3 Å². The van der Waals surface area contributed by atoms with Crippen molar-refractivity contribution in [3.05, 3.63) is 29.8 Å². The van der Waals surface area contributed by atoms with E-state index in [9.17, 15) is 9.59 Å². The van der Waals surface area contributed by atoms with Gasteiger partial charge in [0.1, 0.15) is 0 Å². The predicted molar refractivity (Wildman–Crippen MR) is 98.4 cm³/mol. The molecule has 3 amide bonds. The van der Waals surface area contributed by atoms with E-state index in [1.807, 2.05) is 29.2 Å². The molecule has 25 heavy (non-hydrogen) atoms. The number of carbonyl (C=O) groups is 2. The second kappa shape index (κ2) is 7.87. The summed E-state index contributed by atoms with van der Waals surface area (Å²) in [5, 5.41) is 3.02. The second-order valence-electron chi connectivity index (χ2n) is 7.14.